The van der Waals surface area contributed by atoms with E-state index in [4.69, 9.17) is 27.9 Å². The number of halogens is 3. The minimum Gasteiger partial charge on any atom is -0.494 e. The Labute approximate surface area is 261 Å². The largest absolute Gasteiger partial charge is 0.494 e. The Morgan fingerprint density at radius 1 is 1.14 bits per heavy atom. The number of likely N-dealkylation sites (N-methyl/N-ethyl adjacent to an activating group) is 1. The Morgan fingerprint density at radius 2 is 1.93 bits per heavy atom. The smallest absolute Gasteiger partial charge is 0.250 e. The van der Waals surface area contributed by atoms with E-state index >= 15 is 4.39 Å². The zero-order valence-corrected chi connectivity index (χ0v) is 25.7. The van der Waals surface area contributed by atoms with Gasteiger partial charge in [0.1, 0.15) is 17.1 Å². The SMILES string of the molecule is CCOc1cccc(CN2CC(N(CC)CC3CC3C(O)O)C(c3cccc(Cl)c3F)C23C(=O)Nc2cc(Cl)ccc23)c1. The molecule has 0 radical (unpaired) electrons. The summed E-state index contributed by atoms with van der Waals surface area (Å²) in [6, 6.07) is 17.9. The lowest BCUT2D eigenvalue weighted by molar-refractivity contribution is -0.127. The van der Waals surface area contributed by atoms with Crippen molar-refractivity contribution in [3.63, 3.8) is 0 Å². The topological polar surface area (TPSA) is 85.3 Å². The zero-order valence-electron chi connectivity index (χ0n) is 24.1. The molecule has 1 aliphatic carbocycles. The Kier molecular flexibility index (Phi) is 8.45. The number of nitrogens with one attached hydrogen (secondary N) is 1. The molecule has 2 fully saturated rings. The fraction of sp³-hybridized carbons (Fsp3) is 0.424. The van der Waals surface area contributed by atoms with Crippen molar-refractivity contribution in [2.75, 3.05) is 31.6 Å². The molecular formula is C33H36Cl2FN3O4. The van der Waals surface area contributed by atoms with Crippen LogP contribution in [-0.4, -0.2) is 64.5 Å². The molecule has 43 heavy (non-hydrogen) atoms. The first-order valence-corrected chi connectivity index (χ1v) is 15.6. The number of carbonyl (C=O) groups is 1. The Bertz CT molecular complexity index is 1520. The number of likely N-dealkylation sites (tertiary alicyclic amines) is 1. The van der Waals surface area contributed by atoms with Gasteiger partial charge in [-0.2, -0.15) is 0 Å². The van der Waals surface area contributed by atoms with E-state index in [0.717, 1.165) is 16.9 Å². The molecule has 10 heteroatoms. The molecule has 3 aliphatic rings. The van der Waals surface area contributed by atoms with Crippen molar-refractivity contribution in [1.29, 1.82) is 0 Å². The predicted octanol–water partition coefficient (Wildman–Crippen LogP) is 5.62. The number of hydrogen-bond donors (Lipinski definition) is 3. The first kappa shape index (κ1) is 30.3. The zero-order chi connectivity index (χ0) is 30.5. The first-order chi connectivity index (χ1) is 20.7. The number of carbonyl (C=O) groups excluding carboxylic acids is 1. The van der Waals surface area contributed by atoms with Crippen molar-refractivity contribution in [2.24, 2.45) is 11.8 Å². The molecule has 7 nitrogen and oxygen atoms in total. The highest BCUT2D eigenvalue weighted by molar-refractivity contribution is 6.31. The maximum absolute atomic E-state index is 16.1. The van der Waals surface area contributed by atoms with Crippen molar-refractivity contribution in [3.8, 4) is 5.75 Å². The van der Waals surface area contributed by atoms with Gasteiger partial charge in [0.2, 0.25) is 5.91 Å². The average molecular weight is 629 g/mol. The Balaban J connectivity index is 1.52. The molecule has 5 atom stereocenters. The summed E-state index contributed by atoms with van der Waals surface area (Å²) in [5, 5.41) is 23.2. The highest BCUT2D eigenvalue weighted by atomic mass is 35.5. The van der Waals surface area contributed by atoms with Crippen LogP contribution in [0.15, 0.2) is 60.7 Å². The van der Waals surface area contributed by atoms with E-state index in [2.05, 4.69) is 15.1 Å². The van der Waals surface area contributed by atoms with E-state index in [1.54, 1.807) is 24.3 Å². The quantitative estimate of drug-likeness (QED) is 0.253. The third-order valence-electron chi connectivity index (χ3n) is 9.33. The fourth-order valence-electron chi connectivity index (χ4n) is 7.34. The highest BCUT2D eigenvalue weighted by Gasteiger charge is 2.65. The van der Waals surface area contributed by atoms with Crippen LogP contribution in [0.1, 0.15) is 42.9 Å². The van der Waals surface area contributed by atoms with Crippen molar-refractivity contribution in [2.45, 2.75) is 50.6 Å². The lowest BCUT2D eigenvalue weighted by atomic mass is 9.73. The van der Waals surface area contributed by atoms with Gasteiger partial charge in [0.15, 0.2) is 6.29 Å². The van der Waals surface area contributed by atoms with Gasteiger partial charge >= 0.3 is 0 Å². The number of aliphatic hydroxyl groups is 2. The molecule has 2 aliphatic heterocycles. The molecule has 6 rings (SSSR count). The van der Waals surface area contributed by atoms with Gasteiger partial charge in [-0.15, -0.1) is 0 Å². The number of nitrogens with zero attached hydrogens (tertiary/aromatic N) is 2. The minimum atomic E-state index is -1.37. The standard InChI is InChI=1S/C33H36Cl2FN3O4/c1-3-38(17-20-14-24(20)31(40)41)28-18-39(16-19-7-5-8-22(13-19)43-4-2)33(29(28)23-9-6-10-26(35)30(23)36)25-12-11-21(34)15-27(25)37-32(33)42/h5-13,15,20,24,28-29,31,40-41H,3-4,14,16-18H2,1-2H3,(H,37,42). The van der Waals surface area contributed by atoms with Crippen LogP contribution >= 0.6 is 23.2 Å². The van der Waals surface area contributed by atoms with Crippen LogP contribution in [0.4, 0.5) is 10.1 Å². The van der Waals surface area contributed by atoms with Gasteiger partial charge in [-0.3, -0.25) is 14.6 Å². The maximum Gasteiger partial charge on any atom is 0.250 e. The second-order valence-corrected chi connectivity index (χ2v) is 12.6. The molecule has 1 spiro atoms. The molecule has 1 saturated carbocycles. The fourth-order valence-corrected chi connectivity index (χ4v) is 7.69. The summed E-state index contributed by atoms with van der Waals surface area (Å²) in [6.07, 6.45) is -0.663. The summed E-state index contributed by atoms with van der Waals surface area (Å²) in [4.78, 5) is 18.9. The molecule has 1 amide bonds. The number of aliphatic hydroxyl groups excluding tert-OH is 1. The van der Waals surface area contributed by atoms with Crippen molar-refractivity contribution >= 4 is 34.8 Å². The van der Waals surface area contributed by atoms with Gasteiger partial charge in [-0.05, 0) is 67.3 Å². The molecule has 3 aromatic carbocycles. The molecule has 0 bridgehead atoms. The van der Waals surface area contributed by atoms with Crippen LogP contribution < -0.4 is 10.1 Å². The van der Waals surface area contributed by atoms with E-state index in [9.17, 15) is 15.0 Å². The van der Waals surface area contributed by atoms with Crippen LogP contribution in [0.25, 0.3) is 0 Å². The van der Waals surface area contributed by atoms with Crippen LogP contribution in [0.3, 0.4) is 0 Å². The summed E-state index contributed by atoms with van der Waals surface area (Å²) >= 11 is 12.8. The third-order valence-corrected chi connectivity index (χ3v) is 9.86. The van der Waals surface area contributed by atoms with E-state index in [-0.39, 0.29) is 28.8 Å². The molecular weight excluding hydrogens is 592 g/mol. The number of hydrogen-bond acceptors (Lipinski definition) is 6. The molecule has 5 unspecified atom stereocenters. The normalized spacial score (nSPS) is 26.4. The maximum atomic E-state index is 16.1. The highest BCUT2D eigenvalue weighted by Crippen LogP contribution is 2.57. The summed E-state index contributed by atoms with van der Waals surface area (Å²) in [7, 11) is 0. The van der Waals surface area contributed by atoms with Crippen LogP contribution in [0, 0.1) is 17.7 Å². The molecule has 228 valence electrons. The third kappa shape index (κ3) is 5.32. The average Bonchev–Trinajstić information content (AvgIpc) is 3.60. The van der Waals surface area contributed by atoms with Crippen LogP contribution in [-0.2, 0) is 16.9 Å². The number of benzene rings is 3. The van der Waals surface area contributed by atoms with E-state index in [1.807, 2.05) is 44.2 Å². The number of fused-ring (bicyclic) bond motifs is 2. The Morgan fingerprint density at radius 3 is 2.65 bits per heavy atom. The van der Waals surface area contributed by atoms with Gasteiger partial charge in [-0.1, -0.05) is 60.5 Å². The van der Waals surface area contributed by atoms with Gasteiger partial charge in [0, 0.05) is 53.8 Å². The molecule has 1 saturated heterocycles. The first-order valence-electron chi connectivity index (χ1n) is 14.8. The summed E-state index contributed by atoms with van der Waals surface area (Å²) in [5.41, 5.74) is 1.40. The molecule has 3 aromatic rings. The monoisotopic (exact) mass is 627 g/mol. The van der Waals surface area contributed by atoms with Gasteiger partial charge in [-0.25, -0.2) is 4.39 Å². The number of anilines is 1. The second-order valence-electron chi connectivity index (χ2n) is 11.7. The molecule has 2 heterocycles. The lowest BCUT2D eigenvalue weighted by Gasteiger charge is -2.40. The summed E-state index contributed by atoms with van der Waals surface area (Å²) < 4.78 is 21.9. The van der Waals surface area contributed by atoms with Crippen LogP contribution in [0.2, 0.25) is 10.0 Å². The summed E-state index contributed by atoms with van der Waals surface area (Å²) in [5.74, 6) is -0.784. The molecule has 3 N–H and O–H groups in total. The van der Waals surface area contributed by atoms with Gasteiger partial charge < -0.3 is 20.3 Å². The Hall–Kier alpha value is -2.72. The minimum absolute atomic E-state index is 0.00212. The van der Waals surface area contributed by atoms with E-state index < -0.39 is 23.6 Å². The summed E-state index contributed by atoms with van der Waals surface area (Å²) in [6.45, 7) is 6.60. The van der Waals surface area contributed by atoms with Crippen molar-refractivity contribution < 1.29 is 24.1 Å². The molecule has 0 aromatic heterocycles. The predicted molar refractivity (Wildman–Crippen MR) is 165 cm³/mol. The lowest BCUT2D eigenvalue weighted by Crippen LogP contribution is -2.50. The van der Waals surface area contributed by atoms with Crippen molar-refractivity contribution in [1.82, 2.24) is 9.80 Å². The van der Waals surface area contributed by atoms with E-state index in [0.29, 0.717) is 55.5 Å². The number of ether oxygens (including phenoxy) is 1. The van der Waals surface area contributed by atoms with Gasteiger partial charge in [0.05, 0.1) is 11.6 Å². The number of amides is 1. The van der Waals surface area contributed by atoms with Crippen LogP contribution in [0.5, 0.6) is 5.75 Å². The van der Waals surface area contributed by atoms with Crippen molar-refractivity contribution in [3.05, 3.63) is 93.2 Å². The van der Waals surface area contributed by atoms with E-state index in [1.165, 1.54) is 6.07 Å². The number of rotatable bonds is 10. The second kappa shape index (κ2) is 12.0. The van der Waals surface area contributed by atoms with Gasteiger partial charge in [0.25, 0.3) is 0 Å².